The fourth-order valence-corrected chi connectivity index (χ4v) is 3.25. The van der Waals surface area contributed by atoms with E-state index in [0.29, 0.717) is 0 Å². The molecule has 0 heterocycles. The van der Waals surface area contributed by atoms with Gasteiger partial charge >= 0.3 is 0 Å². The molecule has 0 bridgehead atoms. The Bertz CT molecular complexity index is 988. The second-order valence-corrected chi connectivity index (χ2v) is 5.67. The Hall–Kier alpha value is -2.34. The van der Waals surface area contributed by atoms with Crippen molar-refractivity contribution in [3.8, 4) is 0 Å². The van der Waals surface area contributed by atoms with E-state index in [9.17, 15) is 0 Å². The van der Waals surface area contributed by atoms with Gasteiger partial charge in [0.2, 0.25) is 0 Å². The van der Waals surface area contributed by atoms with Crippen LogP contribution in [0, 0.1) is 6.92 Å². The number of benzene rings is 3. The normalized spacial score (nSPS) is 11.4. The molecule has 0 N–H and O–H groups in total. The van der Waals surface area contributed by atoms with Crippen molar-refractivity contribution in [1.82, 2.24) is 0 Å². The topological polar surface area (TPSA) is 0 Å². The van der Waals surface area contributed by atoms with Crippen LogP contribution in [0.15, 0.2) is 43.0 Å². The van der Waals surface area contributed by atoms with Crippen LogP contribution in [0.2, 0.25) is 0 Å². The molecule has 0 atom stereocenters. The van der Waals surface area contributed by atoms with Crippen LogP contribution in [0.4, 0.5) is 0 Å². The third-order valence-corrected chi connectivity index (χ3v) is 4.35. The van der Waals surface area contributed by atoms with E-state index in [1.54, 1.807) is 0 Å². The standard InChI is InChI=1S/C21H20.C2H6/c1-6-16-9-7-11-18-19-12-8-10-17(13(2)3)21(19)15(5)14(4)20(16)18;1-2/h6-12H,2,5H2,1,3-4H3;1-2H3/b16-6-;. The van der Waals surface area contributed by atoms with Crippen LogP contribution in [0.25, 0.3) is 39.8 Å². The van der Waals surface area contributed by atoms with Crippen LogP contribution < -0.4 is 10.4 Å². The number of fused-ring (bicyclic) bond motifs is 3. The van der Waals surface area contributed by atoms with Gasteiger partial charge in [-0.3, -0.25) is 0 Å². The van der Waals surface area contributed by atoms with E-state index in [0.717, 1.165) is 10.8 Å². The van der Waals surface area contributed by atoms with E-state index in [1.165, 1.54) is 37.9 Å². The summed E-state index contributed by atoms with van der Waals surface area (Å²) in [5.74, 6) is 0. The molecular formula is C23H26. The van der Waals surface area contributed by atoms with Crippen molar-refractivity contribution in [2.75, 3.05) is 0 Å². The maximum Gasteiger partial charge on any atom is -0.00332 e. The smallest absolute Gasteiger partial charge is 0.00332 e. The Morgan fingerprint density at radius 3 is 2.09 bits per heavy atom. The molecule has 0 amide bonds. The second kappa shape index (κ2) is 6.83. The van der Waals surface area contributed by atoms with Crippen LogP contribution >= 0.6 is 0 Å². The van der Waals surface area contributed by atoms with E-state index in [2.05, 4.69) is 76.4 Å². The number of hydrogen-bond donors (Lipinski definition) is 0. The van der Waals surface area contributed by atoms with Crippen molar-refractivity contribution < 1.29 is 0 Å². The van der Waals surface area contributed by atoms with Gasteiger partial charge in [0.1, 0.15) is 0 Å². The number of rotatable bonds is 1. The summed E-state index contributed by atoms with van der Waals surface area (Å²) in [5, 5.41) is 7.51. The van der Waals surface area contributed by atoms with Crippen LogP contribution in [-0.4, -0.2) is 0 Å². The highest BCUT2D eigenvalue weighted by Gasteiger charge is 2.10. The molecule has 0 spiro atoms. The molecule has 0 aliphatic heterocycles. The molecule has 118 valence electrons. The second-order valence-electron chi connectivity index (χ2n) is 5.67. The summed E-state index contributed by atoms with van der Waals surface area (Å²) in [7, 11) is 0. The lowest BCUT2D eigenvalue weighted by Gasteiger charge is -2.13. The molecule has 0 nitrogen and oxygen atoms in total. The van der Waals surface area contributed by atoms with Crippen molar-refractivity contribution >= 4 is 39.8 Å². The van der Waals surface area contributed by atoms with Crippen molar-refractivity contribution in [3.05, 3.63) is 64.5 Å². The molecule has 0 aromatic heterocycles. The highest BCUT2D eigenvalue weighted by molar-refractivity contribution is 6.12. The lowest BCUT2D eigenvalue weighted by atomic mass is 9.90. The molecular weight excluding hydrogens is 276 g/mol. The van der Waals surface area contributed by atoms with Gasteiger partial charge in [-0.2, -0.15) is 0 Å². The van der Waals surface area contributed by atoms with Crippen LogP contribution in [0.3, 0.4) is 0 Å². The summed E-state index contributed by atoms with van der Waals surface area (Å²) in [6.07, 6.45) is 2.17. The van der Waals surface area contributed by atoms with E-state index < -0.39 is 0 Å². The van der Waals surface area contributed by atoms with Gasteiger partial charge in [-0.25, -0.2) is 0 Å². The lowest BCUT2D eigenvalue weighted by Crippen LogP contribution is -2.13. The molecule has 3 aromatic rings. The molecule has 0 fully saturated rings. The minimum atomic E-state index is 1.09. The van der Waals surface area contributed by atoms with Gasteiger partial charge in [0.05, 0.1) is 0 Å². The van der Waals surface area contributed by atoms with Crippen molar-refractivity contribution in [2.24, 2.45) is 0 Å². The van der Waals surface area contributed by atoms with Gasteiger partial charge < -0.3 is 0 Å². The SMILES string of the molecule is C=C(C)c1cccc2c1c(=C)c(C)c1/c(=C\C)cccc12.CC. The van der Waals surface area contributed by atoms with Gasteiger partial charge in [-0.1, -0.05) is 75.1 Å². The Labute approximate surface area is 139 Å². The molecule has 3 aromatic carbocycles. The van der Waals surface area contributed by atoms with Gasteiger partial charge in [0, 0.05) is 0 Å². The number of hydrogen-bond acceptors (Lipinski definition) is 0. The first kappa shape index (κ1) is 17.0. The molecule has 0 saturated carbocycles. The fraction of sp³-hybridized carbons (Fsp3) is 0.217. The predicted octanol–water partition coefficient (Wildman–Crippen LogP) is 5.57. The Morgan fingerprint density at radius 1 is 0.957 bits per heavy atom. The minimum absolute atomic E-state index is 1.09. The average molecular weight is 302 g/mol. The van der Waals surface area contributed by atoms with E-state index in [1.807, 2.05) is 13.8 Å². The van der Waals surface area contributed by atoms with Gasteiger partial charge in [0.25, 0.3) is 0 Å². The zero-order valence-corrected chi connectivity index (χ0v) is 15.0. The van der Waals surface area contributed by atoms with Crippen LogP contribution in [0.5, 0.6) is 0 Å². The largest absolute Gasteiger partial charge is 0.0955 e. The Balaban J connectivity index is 0.000000924. The maximum atomic E-state index is 4.36. The zero-order chi connectivity index (χ0) is 17.1. The molecule has 0 unspecified atom stereocenters. The summed E-state index contributed by atoms with van der Waals surface area (Å²) < 4.78 is 0. The Morgan fingerprint density at radius 2 is 1.52 bits per heavy atom. The van der Waals surface area contributed by atoms with Crippen LogP contribution in [-0.2, 0) is 0 Å². The molecule has 0 aliphatic rings. The third-order valence-electron chi connectivity index (χ3n) is 4.35. The summed E-state index contributed by atoms with van der Waals surface area (Å²) in [4.78, 5) is 0. The first-order valence-electron chi connectivity index (χ1n) is 8.31. The van der Waals surface area contributed by atoms with Gasteiger partial charge in [-0.15, -0.1) is 0 Å². The summed E-state index contributed by atoms with van der Waals surface area (Å²) in [5.41, 5.74) is 3.55. The molecule has 3 rings (SSSR count). The minimum Gasteiger partial charge on any atom is -0.0955 e. The summed E-state index contributed by atoms with van der Waals surface area (Å²) in [6.45, 7) is 18.8. The van der Waals surface area contributed by atoms with Crippen LogP contribution in [0.1, 0.15) is 38.8 Å². The lowest BCUT2D eigenvalue weighted by molar-refractivity contribution is 1.48. The highest BCUT2D eigenvalue weighted by Crippen LogP contribution is 2.28. The maximum absolute atomic E-state index is 4.36. The van der Waals surface area contributed by atoms with Crippen molar-refractivity contribution in [3.63, 3.8) is 0 Å². The quantitative estimate of drug-likeness (QED) is 0.515. The monoisotopic (exact) mass is 302 g/mol. The molecule has 23 heavy (non-hydrogen) atoms. The third kappa shape index (κ3) is 2.70. The average Bonchev–Trinajstić information content (AvgIpc) is 2.59. The Kier molecular flexibility index (Phi) is 5.05. The van der Waals surface area contributed by atoms with Gasteiger partial charge in [-0.05, 0) is 63.9 Å². The van der Waals surface area contributed by atoms with Crippen molar-refractivity contribution in [2.45, 2.75) is 34.6 Å². The molecule has 0 heteroatoms. The molecule has 0 aliphatic carbocycles. The fourth-order valence-electron chi connectivity index (χ4n) is 3.25. The summed E-state index contributed by atoms with van der Waals surface area (Å²) >= 11 is 0. The predicted molar refractivity (Wildman–Crippen MR) is 107 cm³/mol. The number of aryl methyl sites for hydroxylation is 1. The highest BCUT2D eigenvalue weighted by atomic mass is 14.1. The van der Waals surface area contributed by atoms with E-state index >= 15 is 0 Å². The van der Waals surface area contributed by atoms with E-state index in [4.69, 9.17) is 0 Å². The first-order chi connectivity index (χ1) is 11.1. The van der Waals surface area contributed by atoms with Gasteiger partial charge in [0.15, 0.2) is 0 Å². The molecule has 0 radical (unpaired) electrons. The molecule has 0 saturated heterocycles. The number of allylic oxidation sites excluding steroid dienone is 1. The summed E-state index contributed by atoms with van der Waals surface area (Å²) in [6, 6.07) is 13.0. The van der Waals surface area contributed by atoms with Crippen molar-refractivity contribution in [1.29, 1.82) is 0 Å². The van der Waals surface area contributed by atoms with E-state index in [-0.39, 0.29) is 0 Å². The zero-order valence-electron chi connectivity index (χ0n) is 15.0. The first-order valence-corrected chi connectivity index (χ1v) is 8.31.